The number of nitrogens with zero attached hydrogens (tertiary/aromatic N) is 3. The van der Waals surface area contributed by atoms with Crippen molar-refractivity contribution in [3.63, 3.8) is 0 Å². The molecule has 0 saturated heterocycles. The molecule has 2 aromatic carbocycles. The average molecular weight is 520 g/mol. The Kier molecular flexibility index (Phi) is 10.5. The van der Waals surface area contributed by atoms with Gasteiger partial charge in [0.25, 0.3) is 5.91 Å². The van der Waals surface area contributed by atoms with Crippen LogP contribution in [-0.4, -0.2) is 54.4 Å². The van der Waals surface area contributed by atoms with Gasteiger partial charge < -0.3 is 14.5 Å². The topological polar surface area (TPSA) is 71.9 Å². The normalized spacial score (nSPS) is 11.0. The number of rotatable bonds is 13. The number of benzene rings is 2. The van der Waals surface area contributed by atoms with E-state index in [1.807, 2.05) is 55.3 Å². The van der Waals surface area contributed by atoms with Crippen LogP contribution >= 0.6 is 0 Å². The molecule has 0 unspecified atom stereocenters. The van der Waals surface area contributed by atoms with Crippen LogP contribution in [0.5, 0.6) is 5.75 Å². The fraction of sp³-hybridized carbons (Fsp3) is 0.452. The molecule has 0 aliphatic rings. The molecule has 3 rings (SSSR count). The molecule has 0 spiro atoms. The van der Waals surface area contributed by atoms with Crippen LogP contribution < -0.4 is 9.64 Å². The molecule has 204 valence electrons. The quantitative estimate of drug-likeness (QED) is 0.252. The van der Waals surface area contributed by atoms with E-state index < -0.39 is 0 Å². The Morgan fingerprint density at radius 2 is 1.63 bits per heavy atom. The summed E-state index contributed by atoms with van der Waals surface area (Å²) in [6.07, 6.45) is 6.17. The van der Waals surface area contributed by atoms with E-state index in [-0.39, 0.29) is 17.7 Å². The summed E-state index contributed by atoms with van der Waals surface area (Å²) < 4.78 is 7.16. The lowest BCUT2D eigenvalue weighted by atomic mass is 10.1. The van der Waals surface area contributed by atoms with Crippen molar-refractivity contribution in [2.45, 2.75) is 65.7 Å². The molecule has 2 amide bonds. The van der Waals surface area contributed by atoms with Crippen molar-refractivity contribution in [3.05, 3.63) is 59.8 Å². The third-order valence-corrected chi connectivity index (χ3v) is 7.05. The van der Waals surface area contributed by atoms with Gasteiger partial charge in [0.15, 0.2) is 0 Å². The molecule has 0 N–H and O–H groups in total. The number of aromatic nitrogens is 1. The Morgan fingerprint density at radius 3 is 2.29 bits per heavy atom. The number of hydrogen-bond acceptors (Lipinski definition) is 4. The minimum Gasteiger partial charge on any atom is -0.497 e. The molecule has 7 heteroatoms. The summed E-state index contributed by atoms with van der Waals surface area (Å²) in [7, 11) is 3.48. The van der Waals surface area contributed by atoms with Crippen molar-refractivity contribution in [3.8, 4) is 5.75 Å². The lowest BCUT2D eigenvalue weighted by Gasteiger charge is -2.22. The van der Waals surface area contributed by atoms with E-state index in [4.69, 9.17) is 4.74 Å². The van der Waals surface area contributed by atoms with Crippen LogP contribution in [0, 0.1) is 6.92 Å². The first-order valence-corrected chi connectivity index (χ1v) is 13.6. The first-order valence-electron chi connectivity index (χ1n) is 13.6. The van der Waals surface area contributed by atoms with E-state index in [0.29, 0.717) is 24.3 Å². The number of carbonyl (C=O) groups excluding carboxylic acids is 3. The number of carbonyl (C=O) groups is 3. The minimum absolute atomic E-state index is 0.0742. The van der Waals surface area contributed by atoms with Crippen molar-refractivity contribution >= 4 is 34.3 Å². The van der Waals surface area contributed by atoms with E-state index >= 15 is 0 Å². The molecule has 0 bridgehead atoms. The van der Waals surface area contributed by atoms with Gasteiger partial charge in [0, 0.05) is 50.1 Å². The number of ether oxygens (including phenoxy) is 1. The van der Waals surface area contributed by atoms with Crippen molar-refractivity contribution in [1.82, 2.24) is 9.47 Å². The number of amides is 2. The standard InChI is InChI=1S/C31H41N3O4/c1-6-7-20-32(4)29(36)17-13-8-9-14-21-33(24(3)35)30-23(2)34(31(37)25-15-11-10-12-16-25)28-19-18-26(38-5)22-27(28)30/h10-12,15-16,18-19,22H,6-9,13-14,17,20-21H2,1-5H3. The zero-order chi connectivity index (χ0) is 27.7. The Labute approximate surface area is 226 Å². The first-order chi connectivity index (χ1) is 18.3. The third kappa shape index (κ3) is 6.82. The summed E-state index contributed by atoms with van der Waals surface area (Å²) in [5, 5.41) is 0.807. The smallest absolute Gasteiger partial charge is 0.262 e. The summed E-state index contributed by atoms with van der Waals surface area (Å²) in [4.78, 5) is 42.3. The highest BCUT2D eigenvalue weighted by molar-refractivity contribution is 6.11. The molecule has 0 atom stereocenters. The molecule has 0 aliphatic heterocycles. The summed E-state index contributed by atoms with van der Waals surface area (Å²) in [5.41, 5.74) is 2.78. The largest absolute Gasteiger partial charge is 0.497 e. The maximum atomic E-state index is 13.5. The van der Waals surface area contributed by atoms with E-state index in [9.17, 15) is 14.4 Å². The van der Waals surface area contributed by atoms with Crippen LogP contribution in [0.25, 0.3) is 10.9 Å². The molecule has 1 heterocycles. The van der Waals surface area contributed by atoms with Crippen molar-refractivity contribution in [2.75, 3.05) is 32.1 Å². The number of hydrogen-bond donors (Lipinski definition) is 0. The molecule has 0 fully saturated rings. The van der Waals surface area contributed by atoms with Crippen molar-refractivity contribution < 1.29 is 19.1 Å². The number of methoxy groups -OCH3 is 1. The van der Waals surface area contributed by atoms with Gasteiger partial charge in [-0.2, -0.15) is 0 Å². The predicted molar refractivity (Wildman–Crippen MR) is 153 cm³/mol. The third-order valence-electron chi connectivity index (χ3n) is 7.05. The van der Waals surface area contributed by atoms with Crippen LogP contribution in [0.3, 0.4) is 0 Å². The molecule has 1 aromatic heterocycles. The second kappa shape index (κ2) is 13.8. The molecule has 0 radical (unpaired) electrons. The summed E-state index contributed by atoms with van der Waals surface area (Å²) in [6, 6.07) is 14.8. The molecule has 3 aromatic rings. The Bertz CT molecular complexity index is 1250. The van der Waals surface area contributed by atoms with E-state index in [1.165, 1.54) is 0 Å². The number of anilines is 1. The monoisotopic (exact) mass is 519 g/mol. The van der Waals surface area contributed by atoms with Gasteiger partial charge in [-0.3, -0.25) is 19.0 Å². The fourth-order valence-corrected chi connectivity index (χ4v) is 4.86. The van der Waals surface area contributed by atoms with E-state index in [1.54, 1.807) is 35.6 Å². The van der Waals surface area contributed by atoms with Gasteiger partial charge in [0.2, 0.25) is 11.8 Å². The summed E-state index contributed by atoms with van der Waals surface area (Å²) in [6.45, 7) is 6.93. The van der Waals surface area contributed by atoms with Gasteiger partial charge in [0.05, 0.1) is 18.3 Å². The molecule has 0 saturated carbocycles. The molecule has 0 aliphatic carbocycles. The zero-order valence-electron chi connectivity index (χ0n) is 23.5. The highest BCUT2D eigenvalue weighted by atomic mass is 16.5. The van der Waals surface area contributed by atoms with Gasteiger partial charge in [0.1, 0.15) is 5.75 Å². The average Bonchev–Trinajstić information content (AvgIpc) is 3.21. The fourth-order valence-electron chi connectivity index (χ4n) is 4.86. The maximum absolute atomic E-state index is 13.5. The number of unbranched alkanes of at least 4 members (excludes halogenated alkanes) is 4. The lowest BCUT2D eigenvalue weighted by molar-refractivity contribution is -0.130. The first kappa shape index (κ1) is 29.0. The summed E-state index contributed by atoms with van der Waals surface area (Å²) in [5.74, 6) is 0.654. The van der Waals surface area contributed by atoms with Crippen molar-refractivity contribution in [1.29, 1.82) is 0 Å². The number of fused-ring (bicyclic) bond motifs is 1. The Morgan fingerprint density at radius 1 is 0.921 bits per heavy atom. The highest BCUT2D eigenvalue weighted by Crippen LogP contribution is 2.37. The second-order valence-corrected chi connectivity index (χ2v) is 9.83. The Balaban J connectivity index is 1.77. The van der Waals surface area contributed by atoms with E-state index in [2.05, 4.69) is 6.92 Å². The summed E-state index contributed by atoms with van der Waals surface area (Å²) >= 11 is 0. The van der Waals surface area contributed by atoms with Crippen LogP contribution in [0.2, 0.25) is 0 Å². The van der Waals surface area contributed by atoms with Gasteiger partial charge in [-0.15, -0.1) is 0 Å². The minimum atomic E-state index is -0.137. The molecule has 7 nitrogen and oxygen atoms in total. The van der Waals surface area contributed by atoms with Crippen LogP contribution in [-0.2, 0) is 9.59 Å². The lowest BCUT2D eigenvalue weighted by Crippen LogP contribution is -2.30. The molecule has 38 heavy (non-hydrogen) atoms. The van der Waals surface area contributed by atoms with Gasteiger partial charge >= 0.3 is 0 Å². The predicted octanol–water partition coefficient (Wildman–Crippen LogP) is 6.21. The van der Waals surface area contributed by atoms with Gasteiger partial charge in [-0.1, -0.05) is 44.4 Å². The molecular weight excluding hydrogens is 478 g/mol. The van der Waals surface area contributed by atoms with Gasteiger partial charge in [-0.25, -0.2) is 0 Å². The Hall–Kier alpha value is -3.61. The van der Waals surface area contributed by atoms with E-state index in [0.717, 1.165) is 67.4 Å². The van der Waals surface area contributed by atoms with Crippen LogP contribution in [0.1, 0.15) is 74.8 Å². The van der Waals surface area contributed by atoms with Gasteiger partial charge in [-0.05, 0) is 56.5 Å². The zero-order valence-corrected chi connectivity index (χ0v) is 23.5. The highest BCUT2D eigenvalue weighted by Gasteiger charge is 2.25. The second-order valence-electron chi connectivity index (χ2n) is 9.83. The van der Waals surface area contributed by atoms with Crippen molar-refractivity contribution in [2.24, 2.45) is 0 Å². The SMILES string of the molecule is CCCCN(C)C(=O)CCCCCCN(C(C)=O)c1c(C)n(C(=O)c2ccccc2)c2ccc(OC)cc12. The molecular formula is C31H41N3O4. The van der Waals surface area contributed by atoms with Crippen LogP contribution in [0.15, 0.2) is 48.5 Å². The van der Waals surface area contributed by atoms with Crippen LogP contribution in [0.4, 0.5) is 5.69 Å². The maximum Gasteiger partial charge on any atom is 0.262 e.